The van der Waals surface area contributed by atoms with Gasteiger partial charge in [0.15, 0.2) is 0 Å². The van der Waals surface area contributed by atoms with Gasteiger partial charge in [-0.3, -0.25) is 9.59 Å². The molecule has 1 aliphatic heterocycles. The first kappa shape index (κ1) is 37.3. The first-order valence-electron chi connectivity index (χ1n) is 9.62. The molecular formula is C18H40Cl4N4O4. The van der Waals surface area contributed by atoms with Crippen LogP contribution < -0.4 is 0 Å². The normalized spacial score (nSPS) is 18.5. The Labute approximate surface area is 206 Å². The van der Waals surface area contributed by atoms with E-state index < -0.39 is 11.9 Å². The van der Waals surface area contributed by atoms with Crippen molar-refractivity contribution in [3.63, 3.8) is 0 Å². The van der Waals surface area contributed by atoms with Gasteiger partial charge in [0, 0.05) is 39.3 Å². The summed E-state index contributed by atoms with van der Waals surface area (Å²) in [5.74, 6) is -1.54. The van der Waals surface area contributed by atoms with Crippen LogP contribution in [0.25, 0.3) is 0 Å². The van der Waals surface area contributed by atoms with Crippen molar-refractivity contribution >= 4 is 61.6 Å². The number of rotatable bonds is 6. The monoisotopic (exact) mass is 516 g/mol. The van der Waals surface area contributed by atoms with Crippen molar-refractivity contribution < 1.29 is 19.8 Å². The molecule has 1 heterocycles. The predicted molar refractivity (Wildman–Crippen MR) is 131 cm³/mol. The van der Waals surface area contributed by atoms with E-state index in [0.29, 0.717) is 13.1 Å². The van der Waals surface area contributed by atoms with Crippen LogP contribution in [0.4, 0.5) is 0 Å². The Balaban J connectivity index is -0.000000845. The molecule has 1 saturated heterocycles. The highest BCUT2D eigenvalue weighted by Gasteiger charge is 2.14. The molecule has 0 unspecified atom stereocenters. The van der Waals surface area contributed by atoms with Gasteiger partial charge < -0.3 is 29.8 Å². The zero-order valence-electron chi connectivity index (χ0n) is 18.0. The Morgan fingerprint density at radius 1 is 0.600 bits per heavy atom. The first-order chi connectivity index (χ1) is 12.4. The molecule has 1 rings (SSSR count). The minimum atomic E-state index is -0.771. The molecule has 0 amide bonds. The number of likely N-dealkylation sites (N-methyl/N-ethyl adjacent to an activating group) is 2. The summed E-state index contributed by atoms with van der Waals surface area (Å²) < 4.78 is 0. The van der Waals surface area contributed by atoms with Gasteiger partial charge in [-0.25, -0.2) is 0 Å². The Hall–Kier alpha value is -0.0600. The fourth-order valence-electron chi connectivity index (χ4n) is 3.15. The average Bonchev–Trinajstić information content (AvgIpc) is 2.57. The van der Waals surface area contributed by atoms with Crippen LogP contribution in [0.15, 0.2) is 0 Å². The number of hydrogen-bond donors (Lipinski definition) is 2. The maximum Gasteiger partial charge on any atom is 0.304 e. The quantitative estimate of drug-likeness (QED) is 0.552. The molecule has 0 aromatic heterocycles. The first-order valence-corrected chi connectivity index (χ1v) is 9.62. The van der Waals surface area contributed by atoms with Crippen LogP contribution in [0.3, 0.4) is 0 Å². The number of carboxylic acids is 2. The van der Waals surface area contributed by atoms with Crippen molar-refractivity contribution in [1.29, 1.82) is 0 Å². The Kier molecular flexibility index (Phi) is 27.5. The van der Waals surface area contributed by atoms with E-state index in [4.69, 9.17) is 10.2 Å². The van der Waals surface area contributed by atoms with Crippen molar-refractivity contribution in [3.8, 4) is 0 Å². The average molecular weight is 518 g/mol. The smallest absolute Gasteiger partial charge is 0.304 e. The molecule has 30 heavy (non-hydrogen) atoms. The maximum absolute atomic E-state index is 10.9. The number of hydrogen-bond acceptors (Lipinski definition) is 6. The van der Waals surface area contributed by atoms with Crippen LogP contribution in [0.2, 0.25) is 0 Å². The van der Waals surface area contributed by atoms with E-state index in [9.17, 15) is 9.59 Å². The van der Waals surface area contributed by atoms with E-state index in [1.54, 1.807) is 0 Å². The second kappa shape index (κ2) is 22.1. The van der Waals surface area contributed by atoms with E-state index in [2.05, 4.69) is 33.7 Å². The molecule has 0 aromatic carbocycles. The van der Waals surface area contributed by atoms with E-state index in [0.717, 1.165) is 65.2 Å². The lowest BCUT2D eigenvalue weighted by Crippen LogP contribution is -2.40. The second-order valence-electron chi connectivity index (χ2n) is 7.28. The van der Waals surface area contributed by atoms with Crippen molar-refractivity contribution in [2.24, 2.45) is 0 Å². The number of aliphatic carboxylic acids is 2. The zero-order valence-corrected chi connectivity index (χ0v) is 21.3. The molecule has 0 saturated carbocycles. The van der Waals surface area contributed by atoms with Gasteiger partial charge in [-0.1, -0.05) is 0 Å². The van der Waals surface area contributed by atoms with Crippen LogP contribution in [-0.2, 0) is 9.59 Å². The fraction of sp³-hybridized carbons (Fsp3) is 0.889. The summed E-state index contributed by atoms with van der Waals surface area (Å²) in [5.41, 5.74) is 0. The number of carbonyl (C=O) groups is 2. The highest BCUT2D eigenvalue weighted by molar-refractivity contribution is 5.86. The summed E-state index contributed by atoms with van der Waals surface area (Å²) in [6, 6.07) is 0. The van der Waals surface area contributed by atoms with Gasteiger partial charge in [0.25, 0.3) is 0 Å². The topological polar surface area (TPSA) is 87.6 Å². The molecule has 184 valence electrons. The van der Waals surface area contributed by atoms with Crippen LogP contribution in [0.5, 0.6) is 0 Å². The van der Waals surface area contributed by atoms with Gasteiger partial charge in [-0.2, -0.15) is 0 Å². The van der Waals surface area contributed by atoms with Crippen molar-refractivity contribution in [3.05, 3.63) is 0 Å². The molecule has 0 aromatic rings. The minimum Gasteiger partial charge on any atom is -0.481 e. The van der Waals surface area contributed by atoms with E-state index in [-0.39, 0.29) is 62.5 Å². The van der Waals surface area contributed by atoms with Crippen LogP contribution in [0.1, 0.15) is 25.7 Å². The third-order valence-corrected chi connectivity index (χ3v) is 4.91. The predicted octanol–water partition coefficient (Wildman–Crippen LogP) is 1.88. The van der Waals surface area contributed by atoms with Gasteiger partial charge in [0.1, 0.15) is 0 Å². The number of nitrogens with zero attached hydrogens (tertiary/aromatic N) is 4. The molecule has 0 aliphatic carbocycles. The van der Waals surface area contributed by atoms with Crippen molar-refractivity contribution in [2.75, 3.05) is 79.5 Å². The van der Waals surface area contributed by atoms with Gasteiger partial charge in [-0.05, 0) is 53.1 Å². The van der Waals surface area contributed by atoms with Crippen LogP contribution >= 0.6 is 49.6 Å². The molecule has 0 atom stereocenters. The highest BCUT2D eigenvalue weighted by atomic mass is 35.5. The largest absolute Gasteiger partial charge is 0.481 e. The van der Waals surface area contributed by atoms with Gasteiger partial charge >= 0.3 is 11.9 Å². The molecule has 1 aliphatic rings. The zero-order chi connectivity index (χ0) is 19.4. The molecular weight excluding hydrogens is 478 g/mol. The SMILES string of the molecule is CN1CCCN(CCC(=O)O)CCN(CCC(=O)O)CCCN(C)CC1.Cl.Cl.Cl.Cl. The summed E-state index contributed by atoms with van der Waals surface area (Å²) in [5, 5.41) is 17.9. The van der Waals surface area contributed by atoms with E-state index in [1.807, 2.05) is 0 Å². The van der Waals surface area contributed by atoms with Gasteiger partial charge in [0.05, 0.1) is 12.8 Å². The van der Waals surface area contributed by atoms with E-state index in [1.165, 1.54) is 0 Å². The van der Waals surface area contributed by atoms with Crippen molar-refractivity contribution in [1.82, 2.24) is 19.6 Å². The third kappa shape index (κ3) is 19.9. The fourth-order valence-corrected chi connectivity index (χ4v) is 3.15. The molecule has 8 nitrogen and oxygen atoms in total. The third-order valence-electron chi connectivity index (χ3n) is 4.91. The molecule has 0 bridgehead atoms. The summed E-state index contributed by atoms with van der Waals surface area (Å²) in [7, 11) is 4.27. The van der Waals surface area contributed by atoms with Gasteiger partial charge in [-0.15, -0.1) is 49.6 Å². The lowest BCUT2D eigenvalue weighted by Gasteiger charge is -2.29. The van der Waals surface area contributed by atoms with Crippen molar-refractivity contribution in [2.45, 2.75) is 25.7 Å². The summed E-state index contributed by atoms with van der Waals surface area (Å²) in [6.07, 6.45) is 2.31. The minimum absolute atomic E-state index is 0. The summed E-state index contributed by atoms with van der Waals surface area (Å²) in [6.45, 7) is 8.46. The molecule has 0 radical (unpaired) electrons. The lowest BCUT2D eigenvalue weighted by molar-refractivity contribution is -0.138. The van der Waals surface area contributed by atoms with Crippen LogP contribution in [-0.4, -0.2) is 121 Å². The molecule has 1 fully saturated rings. The Bertz CT molecular complexity index is 401. The Morgan fingerprint density at radius 3 is 1.23 bits per heavy atom. The standard InChI is InChI=1S/C18H36N4O4.4ClH/c1-19-7-3-9-21(11-5-17(23)24)15-16-22(12-6-18(25)26)10-4-8-20(2)14-13-19;;;;/h3-16H2,1-2H3,(H,23,24)(H,25,26);4*1H. The highest BCUT2D eigenvalue weighted by Crippen LogP contribution is 2.02. The number of halogens is 4. The number of carboxylic acid groups (broad SMARTS) is 2. The molecule has 2 N–H and O–H groups in total. The van der Waals surface area contributed by atoms with E-state index >= 15 is 0 Å². The summed E-state index contributed by atoms with van der Waals surface area (Å²) >= 11 is 0. The lowest BCUT2D eigenvalue weighted by atomic mass is 10.2. The Morgan fingerprint density at radius 2 is 0.933 bits per heavy atom. The summed E-state index contributed by atoms with van der Waals surface area (Å²) in [4.78, 5) is 30.9. The van der Waals surface area contributed by atoms with Gasteiger partial charge in [0.2, 0.25) is 0 Å². The van der Waals surface area contributed by atoms with Crippen LogP contribution in [0, 0.1) is 0 Å². The second-order valence-corrected chi connectivity index (χ2v) is 7.28. The maximum atomic E-state index is 10.9. The molecule has 12 heteroatoms. The molecule has 0 spiro atoms.